The van der Waals surface area contributed by atoms with Crippen molar-refractivity contribution in [3.05, 3.63) is 17.8 Å². The Kier molecular flexibility index (Phi) is 4.62. The summed E-state index contributed by atoms with van der Waals surface area (Å²) in [5.41, 5.74) is 0.0901. The summed E-state index contributed by atoms with van der Waals surface area (Å²) in [7, 11) is 0. The number of amides is 1. The average Bonchev–Trinajstić information content (AvgIpc) is 2.84. The van der Waals surface area contributed by atoms with Gasteiger partial charge in [-0.15, -0.1) is 0 Å². The van der Waals surface area contributed by atoms with Crippen molar-refractivity contribution in [1.82, 2.24) is 24.8 Å². The standard InChI is InChI=1S/C13H18ClN5O2/c1-13(2,3)21-12(20)15-5-4-6-19-8-18-11-9(10(19)14)16-7-17-11/h7-8H,4-6H2,1-3H3,(H,15,20). The lowest BCUT2D eigenvalue weighted by molar-refractivity contribution is 0.0526. The molecule has 0 bridgehead atoms. The van der Waals surface area contributed by atoms with E-state index in [1.807, 2.05) is 20.8 Å². The van der Waals surface area contributed by atoms with Crippen molar-refractivity contribution in [3.8, 4) is 11.5 Å². The number of ether oxygens (including phenoxy) is 1. The van der Waals surface area contributed by atoms with Gasteiger partial charge in [0.2, 0.25) is 0 Å². The molecular weight excluding hydrogens is 294 g/mol. The van der Waals surface area contributed by atoms with Crippen LogP contribution in [0.2, 0.25) is 5.15 Å². The SMILES string of the molecule is CC(C)(C)OC(=O)NCCCn1cnc2ncnc-2c1Cl. The molecule has 0 unspecified atom stereocenters. The summed E-state index contributed by atoms with van der Waals surface area (Å²) in [5, 5.41) is 3.19. The Bertz CT molecular complexity index is 593. The van der Waals surface area contributed by atoms with E-state index in [0.717, 1.165) is 0 Å². The highest BCUT2D eigenvalue weighted by Gasteiger charge is 2.16. The van der Waals surface area contributed by atoms with Crippen molar-refractivity contribution >= 4 is 17.7 Å². The second kappa shape index (κ2) is 6.26. The fraction of sp³-hybridized carbons (Fsp3) is 0.538. The molecule has 2 aliphatic heterocycles. The Morgan fingerprint density at radius 2 is 2.14 bits per heavy atom. The Labute approximate surface area is 128 Å². The first-order valence-corrected chi connectivity index (χ1v) is 7.03. The molecule has 0 aromatic heterocycles. The van der Waals surface area contributed by atoms with Crippen LogP contribution in [0, 0.1) is 0 Å². The molecule has 8 heteroatoms. The number of nitrogens with zero attached hydrogens (tertiary/aromatic N) is 4. The summed E-state index contributed by atoms with van der Waals surface area (Å²) in [5.74, 6) is 0.531. The molecule has 0 aromatic rings. The minimum atomic E-state index is -0.493. The minimum Gasteiger partial charge on any atom is -0.444 e. The zero-order valence-electron chi connectivity index (χ0n) is 12.3. The second-order valence-electron chi connectivity index (χ2n) is 5.56. The number of hydrogen-bond donors (Lipinski definition) is 1. The van der Waals surface area contributed by atoms with Crippen LogP contribution in [-0.2, 0) is 11.3 Å². The second-order valence-corrected chi connectivity index (χ2v) is 5.91. The van der Waals surface area contributed by atoms with Gasteiger partial charge in [-0.25, -0.2) is 19.7 Å². The number of carbonyl (C=O) groups excluding carboxylic acids is 1. The molecule has 0 aromatic carbocycles. The molecule has 2 rings (SSSR count). The van der Waals surface area contributed by atoms with E-state index >= 15 is 0 Å². The Balaban J connectivity index is 1.82. The molecule has 7 nitrogen and oxygen atoms in total. The fourth-order valence-electron chi connectivity index (χ4n) is 1.72. The van der Waals surface area contributed by atoms with Gasteiger partial charge in [-0.1, -0.05) is 11.6 Å². The maximum atomic E-state index is 11.5. The predicted octanol–water partition coefficient (Wildman–Crippen LogP) is 2.35. The Morgan fingerprint density at radius 1 is 1.38 bits per heavy atom. The maximum absolute atomic E-state index is 11.5. The van der Waals surface area contributed by atoms with Crippen molar-refractivity contribution in [3.63, 3.8) is 0 Å². The van der Waals surface area contributed by atoms with E-state index in [2.05, 4.69) is 20.3 Å². The summed E-state index contributed by atoms with van der Waals surface area (Å²) < 4.78 is 6.92. The van der Waals surface area contributed by atoms with Crippen molar-refractivity contribution < 1.29 is 9.53 Å². The lowest BCUT2D eigenvalue weighted by atomic mass is 10.2. The van der Waals surface area contributed by atoms with E-state index in [1.54, 1.807) is 10.9 Å². The van der Waals surface area contributed by atoms with Gasteiger partial charge in [-0.05, 0) is 27.2 Å². The lowest BCUT2D eigenvalue weighted by Crippen LogP contribution is -2.33. The van der Waals surface area contributed by atoms with E-state index in [9.17, 15) is 4.79 Å². The van der Waals surface area contributed by atoms with Crippen LogP contribution < -0.4 is 5.32 Å². The molecule has 0 atom stereocenters. The van der Waals surface area contributed by atoms with E-state index in [-0.39, 0.29) is 0 Å². The molecule has 2 heterocycles. The Hall–Kier alpha value is -1.89. The van der Waals surface area contributed by atoms with Crippen LogP contribution in [0.25, 0.3) is 11.5 Å². The molecule has 0 aliphatic carbocycles. The number of imidazole rings is 1. The fourth-order valence-corrected chi connectivity index (χ4v) is 1.98. The van der Waals surface area contributed by atoms with Gasteiger partial charge in [0, 0.05) is 13.1 Å². The number of halogens is 1. The molecular formula is C13H18ClN5O2. The first kappa shape index (κ1) is 15.5. The van der Waals surface area contributed by atoms with Crippen LogP contribution >= 0.6 is 11.6 Å². The highest BCUT2D eigenvalue weighted by atomic mass is 35.5. The zero-order chi connectivity index (χ0) is 15.5. The van der Waals surface area contributed by atoms with Crippen molar-refractivity contribution in [2.75, 3.05) is 6.54 Å². The molecule has 0 radical (unpaired) electrons. The van der Waals surface area contributed by atoms with Crippen LogP contribution in [0.5, 0.6) is 0 Å². The zero-order valence-corrected chi connectivity index (χ0v) is 13.0. The predicted molar refractivity (Wildman–Crippen MR) is 78.3 cm³/mol. The molecule has 2 aliphatic rings. The molecule has 0 saturated heterocycles. The normalized spacial score (nSPS) is 11.6. The summed E-state index contributed by atoms with van der Waals surface area (Å²) in [4.78, 5) is 23.7. The summed E-state index contributed by atoms with van der Waals surface area (Å²) in [6, 6.07) is 0. The first-order valence-electron chi connectivity index (χ1n) is 6.65. The molecule has 114 valence electrons. The highest BCUT2D eigenvalue weighted by Crippen LogP contribution is 2.23. The first-order chi connectivity index (χ1) is 9.87. The Morgan fingerprint density at radius 3 is 2.86 bits per heavy atom. The van der Waals surface area contributed by atoms with E-state index in [0.29, 0.717) is 36.2 Å². The van der Waals surface area contributed by atoms with Gasteiger partial charge in [0.25, 0.3) is 0 Å². The number of aromatic nitrogens is 4. The van der Waals surface area contributed by atoms with E-state index in [4.69, 9.17) is 16.3 Å². The van der Waals surface area contributed by atoms with E-state index < -0.39 is 11.7 Å². The molecule has 0 spiro atoms. The molecule has 21 heavy (non-hydrogen) atoms. The van der Waals surface area contributed by atoms with Gasteiger partial charge in [0.1, 0.15) is 22.8 Å². The van der Waals surface area contributed by atoms with Crippen LogP contribution in [0.3, 0.4) is 0 Å². The topological polar surface area (TPSA) is 81.9 Å². The average molecular weight is 312 g/mol. The highest BCUT2D eigenvalue weighted by molar-refractivity contribution is 6.31. The van der Waals surface area contributed by atoms with Crippen molar-refractivity contribution in [2.45, 2.75) is 39.3 Å². The van der Waals surface area contributed by atoms with Crippen LogP contribution in [0.4, 0.5) is 4.79 Å². The third-order valence-electron chi connectivity index (χ3n) is 2.59. The number of carbonyl (C=O) groups is 1. The maximum Gasteiger partial charge on any atom is 0.407 e. The number of aryl methyl sites for hydroxylation is 1. The monoisotopic (exact) mass is 311 g/mol. The summed E-state index contributed by atoms with van der Waals surface area (Å²) in [6.07, 6.45) is 3.32. The number of fused-ring (bicyclic) bond motifs is 1. The largest absolute Gasteiger partial charge is 0.444 e. The molecule has 0 fully saturated rings. The van der Waals surface area contributed by atoms with Crippen molar-refractivity contribution in [2.24, 2.45) is 0 Å². The van der Waals surface area contributed by atoms with Crippen LogP contribution in [0.1, 0.15) is 27.2 Å². The van der Waals surface area contributed by atoms with Gasteiger partial charge >= 0.3 is 6.09 Å². The van der Waals surface area contributed by atoms with Gasteiger partial charge in [-0.3, -0.25) is 0 Å². The molecule has 1 amide bonds. The number of nitrogens with one attached hydrogen (secondary N) is 1. The van der Waals surface area contributed by atoms with E-state index in [1.165, 1.54) is 6.33 Å². The summed E-state index contributed by atoms with van der Waals surface area (Å²) in [6.45, 7) is 6.57. The van der Waals surface area contributed by atoms with Crippen LogP contribution in [-0.4, -0.2) is 37.8 Å². The molecule has 1 N–H and O–H groups in total. The van der Waals surface area contributed by atoms with Crippen molar-refractivity contribution in [1.29, 1.82) is 0 Å². The minimum absolute atomic E-state index is 0.422. The molecule has 0 saturated carbocycles. The van der Waals surface area contributed by atoms with Gasteiger partial charge < -0.3 is 14.6 Å². The number of hydrogen-bond acceptors (Lipinski definition) is 5. The summed E-state index contributed by atoms with van der Waals surface area (Å²) >= 11 is 6.22. The number of rotatable bonds is 4. The third kappa shape index (κ3) is 4.29. The smallest absolute Gasteiger partial charge is 0.407 e. The van der Waals surface area contributed by atoms with Gasteiger partial charge in [0.05, 0.1) is 6.33 Å². The van der Waals surface area contributed by atoms with Gasteiger partial charge in [-0.2, -0.15) is 0 Å². The lowest BCUT2D eigenvalue weighted by Gasteiger charge is -2.19. The van der Waals surface area contributed by atoms with Crippen LogP contribution in [0.15, 0.2) is 12.7 Å². The number of alkyl carbamates (subject to hydrolysis) is 1. The quantitative estimate of drug-likeness (QED) is 0.692. The van der Waals surface area contributed by atoms with Gasteiger partial charge in [0.15, 0.2) is 5.82 Å². The third-order valence-corrected chi connectivity index (χ3v) is 2.99.